The van der Waals surface area contributed by atoms with Crippen molar-refractivity contribution in [2.75, 3.05) is 5.32 Å². The number of urea groups is 1. The lowest BCUT2D eigenvalue weighted by atomic mass is 10.3. The van der Waals surface area contributed by atoms with E-state index < -0.39 is 16.1 Å². The number of nitrogens with one attached hydrogen (secondary N) is 3. The molecule has 0 fully saturated rings. The fourth-order valence-electron chi connectivity index (χ4n) is 2.00. The van der Waals surface area contributed by atoms with E-state index in [0.29, 0.717) is 21.3 Å². The topological polar surface area (TPSA) is 100 Å². The molecule has 0 aliphatic carbocycles. The first-order valence-electron chi connectivity index (χ1n) is 7.30. The van der Waals surface area contributed by atoms with Crippen molar-refractivity contribution in [2.45, 2.75) is 4.21 Å². The highest BCUT2D eigenvalue weighted by Gasteiger charge is 2.18. The maximum Gasteiger partial charge on any atom is 0.334 e. The minimum Gasteiger partial charge on any atom is -0.307 e. The van der Waals surface area contributed by atoms with Gasteiger partial charge in [0.05, 0.1) is 10.6 Å². The fraction of sp³-hybridized carbons (Fsp3) is 0. The summed E-state index contributed by atoms with van der Waals surface area (Å²) in [7, 11) is -3.90. The Labute approximate surface area is 159 Å². The summed E-state index contributed by atoms with van der Waals surface area (Å²) < 4.78 is 24.7. The van der Waals surface area contributed by atoms with E-state index in [1.54, 1.807) is 42.6 Å². The number of rotatable bonds is 5. The molecule has 0 radical (unpaired) electrons. The number of halogens is 1. The molecule has 0 aliphatic rings. The third-order valence-corrected chi connectivity index (χ3v) is 6.23. The Morgan fingerprint density at radius 3 is 2.65 bits per heavy atom. The summed E-state index contributed by atoms with van der Waals surface area (Å²) in [4.78, 5) is 18.8. The average molecular weight is 409 g/mol. The van der Waals surface area contributed by atoms with Crippen molar-refractivity contribution >= 4 is 44.7 Å². The molecule has 0 unspecified atom stereocenters. The summed E-state index contributed by atoms with van der Waals surface area (Å²) in [6.45, 7) is 0. The largest absolute Gasteiger partial charge is 0.334 e. The van der Waals surface area contributed by atoms with Crippen LogP contribution in [0.3, 0.4) is 0 Å². The van der Waals surface area contributed by atoms with Gasteiger partial charge in [-0.05, 0) is 42.5 Å². The standard InChI is InChI=1S/C16H13ClN4O3S2/c17-11-4-3-5-12(10-11)19-16(22)20-21-26(23,24)15-8-7-14(25-15)13-6-1-2-9-18-13/h1-10,21H,(H2,19,20,22). The maximum absolute atomic E-state index is 12.3. The van der Waals surface area contributed by atoms with Crippen molar-refractivity contribution in [3.05, 3.63) is 65.8 Å². The van der Waals surface area contributed by atoms with Gasteiger partial charge in [0.15, 0.2) is 0 Å². The van der Waals surface area contributed by atoms with Crippen molar-refractivity contribution in [1.29, 1.82) is 0 Å². The lowest BCUT2D eigenvalue weighted by molar-refractivity contribution is 0.250. The van der Waals surface area contributed by atoms with Gasteiger partial charge in [0.25, 0.3) is 10.0 Å². The number of hydrogen-bond acceptors (Lipinski definition) is 5. The first-order chi connectivity index (χ1) is 12.4. The van der Waals surface area contributed by atoms with Crippen LogP contribution in [-0.2, 0) is 10.0 Å². The Balaban J connectivity index is 1.64. The van der Waals surface area contributed by atoms with Gasteiger partial charge in [-0.3, -0.25) is 10.4 Å². The number of amides is 2. The summed E-state index contributed by atoms with van der Waals surface area (Å²) in [5.74, 6) is 0. The molecule has 0 saturated carbocycles. The molecule has 0 saturated heterocycles. The van der Waals surface area contributed by atoms with Gasteiger partial charge in [0.1, 0.15) is 4.21 Å². The van der Waals surface area contributed by atoms with Gasteiger partial charge in [-0.2, -0.15) is 0 Å². The van der Waals surface area contributed by atoms with E-state index >= 15 is 0 Å². The highest BCUT2D eigenvalue weighted by molar-refractivity contribution is 7.91. The maximum atomic E-state index is 12.3. The van der Waals surface area contributed by atoms with Gasteiger partial charge < -0.3 is 5.32 Å². The van der Waals surface area contributed by atoms with E-state index in [-0.39, 0.29) is 4.21 Å². The molecule has 2 heterocycles. The molecule has 7 nitrogen and oxygen atoms in total. The summed E-state index contributed by atoms with van der Waals surface area (Å²) >= 11 is 6.87. The van der Waals surface area contributed by atoms with Crippen LogP contribution in [0.2, 0.25) is 5.02 Å². The number of carbonyl (C=O) groups excluding carboxylic acids is 1. The van der Waals surface area contributed by atoms with Crippen LogP contribution >= 0.6 is 22.9 Å². The molecule has 26 heavy (non-hydrogen) atoms. The van der Waals surface area contributed by atoms with E-state index in [1.807, 2.05) is 10.9 Å². The van der Waals surface area contributed by atoms with Crippen molar-refractivity contribution in [1.82, 2.24) is 15.2 Å². The van der Waals surface area contributed by atoms with Gasteiger partial charge in [0.2, 0.25) is 0 Å². The number of aromatic nitrogens is 1. The highest BCUT2D eigenvalue weighted by atomic mass is 35.5. The molecule has 3 N–H and O–H groups in total. The van der Waals surface area contributed by atoms with Crippen molar-refractivity contribution in [3.8, 4) is 10.6 Å². The zero-order valence-electron chi connectivity index (χ0n) is 13.1. The predicted octanol–water partition coefficient (Wildman–Crippen LogP) is 3.48. The lowest BCUT2D eigenvalue weighted by Crippen LogP contribution is -2.43. The molecular weight excluding hydrogens is 396 g/mol. The number of anilines is 1. The molecule has 134 valence electrons. The van der Waals surface area contributed by atoms with Gasteiger partial charge in [-0.15, -0.1) is 16.2 Å². The Morgan fingerprint density at radius 2 is 1.92 bits per heavy atom. The summed E-state index contributed by atoms with van der Waals surface area (Å²) in [5, 5.41) is 2.92. The van der Waals surface area contributed by atoms with Crippen molar-refractivity contribution < 1.29 is 13.2 Å². The van der Waals surface area contributed by atoms with Crippen LogP contribution in [0.4, 0.5) is 10.5 Å². The van der Waals surface area contributed by atoms with E-state index in [9.17, 15) is 13.2 Å². The molecule has 2 aromatic heterocycles. The van der Waals surface area contributed by atoms with Gasteiger partial charge >= 0.3 is 6.03 Å². The number of thiophene rings is 1. The molecule has 0 atom stereocenters. The lowest BCUT2D eigenvalue weighted by Gasteiger charge is -2.08. The Kier molecular flexibility index (Phi) is 5.52. The molecule has 0 spiro atoms. The van der Waals surface area contributed by atoms with E-state index in [4.69, 9.17) is 11.6 Å². The summed E-state index contributed by atoms with van der Waals surface area (Å²) in [6, 6.07) is 14.2. The van der Waals surface area contributed by atoms with Crippen LogP contribution in [0.25, 0.3) is 10.6 Å². The summed E-state index contributed by atoms with van der Waals surface area (Å²) in [5.41, 5.74) is 3.20. The van der Waals surface area contributed by atoms with Crippen LogP contribution in [-0.4, -0.2) is 19.4 Å². The third-order valence-electron chi connectivity index (χ3n) is 3.14. The van der Waals surface area contributed by atoms with Crippen LogP contribution in [0.1, 0.15) is 0 Å². The molecule has 0 bridgehead atoms. The number of sulfonamides is 1. The number of nitrogens with zero attached hydrogens (tertiary/aromatic N) is 1. The minimum absolute atomic E-state index is 0.0567. The Bertz CT molecular complexity index is 1020. The molecular formula is C16H13ClN4O3S2. The zero-order valence-corrected chi connectivity index (χ0v) is 15.5. The Morgan fingerprint density at radius 1 is 1.08 bits per heavy atom. The van der Waals surface area contributed by atoms with Crippen molar-refractivity contribution in [2.24, 2.45) is 0 Å². The van der Waals surface area contributed by atoms with E-state index in [1.165, 1.54) is 12.1 Å². The second-order valence-electron chi connectivity index (χ2n) is 5.03. The smallest absolute Gasteiger partial charge is 0.307 e. The average Bonchev–Trinajstić information content (AvgIpc) is 3.12. The van der Waals surface area contributed by atoms with Crippen LogP contribution in [0.5, 0.6) is 0 Å². The van der Waals surface area contributed by atoms with E-state index in [0.717, 1.165) is 11.3 Å². The third kappa shape index (κ3) is 4.58. The van der Waals surface area contributed by atoms with Crippen molar-refractivity contribution in [3.63, 3.8) is 0 Å². The number of benzene rings is 1. The highest BCUT2D eigenvalue weighted by Crippen LogP contribution is 2.28. The molecule has 0 aliphatic heterocycles. The van der Waals surface area contributed by atoms with Crippen LogP contribution in [0, 0.1) is 0 Å². The second kappa shape index (κ2) is 7.83. The SMILES string of the molecule is O=C(NNS(=O)(=O)c1ccc(-c2ccccn2)s1)Nc1cccc(Cl)c1. The Hall–Kier alpha value is -2.46. The number of carbonyl (C=O) groups is 1. The second-order valence-corrected chi connectivity index (χ2v) is 8.46. The van der Waals surface area contributed by atoms with Crippen LogP contribution in [0.15, 0.2) is 65.0 Å². The first-order valence-corrected chi connectivity index (χ1v) is 9.97. The number of pyridine rings is 1. The zero-order chi connectivity index (χ0) is 18.6. The van der Waals surface area contributed by atoms with Gasteiger partial charge in [-0.25, -0.2) is 13.2 Å². The quantitative estimate of drug-likeness (QED) is 0.562. The molecule has 10 heteroatoms. The minimum atomic E-state index is -3.90. The normalized spacial score (nSPS) is 11.1. The fourth-order valence-corrected chi connectivity index (χ4v) is 4.32. The number of hydrazine groups is 1. The molecule has 3 aromatic rings. The predicted molar refractivity (Wildman–Crippen MR) is 101 cm³/mol. The van der Waals surface area contributed by atoms with Gasteiger partial charge in [0, 0.05) is 16.9 Å². The van der Waals surface area contributed by atoms with E-state index in [2.05, 4.69) is 15.7 Å². The summed E-state index contributed by atoms with van der Waals surface area (Å²) in [6.07, 6.45) is 1.63. The first kappa shape index (κ1) is 18.3. The molecule has 3 rings (SSSR count). The number of hydrogen-bond donors (Lipinski definition) is 3. The molecule has 2 amide bonds. The monoisotopic (exact) mass is 408 g/mol. The molecule has 1 aromatic carbocycles. The van der Waals surface area contributed by atoms with Gasteiger partial charge in [-0.1, -0.05) is 23.7 Å². The van der Waals surface area contributed by atoms with Crippen LogP contribution < -0.4 is 15.6 Å².